The van der Waals surface area contributed by atoms with Crippen molar-refractivity contribution < 1.29 is 24.2 Å². The van der Waals surface area contributed by atoms with Crippen LogP contribution in [0.2, 0.25) is 0 Å². The third kappa shape index (κ3) is 5.38. The summed E-state index contributed by atoms with van der Waals surface area (Å²) in [4.78, 5) is 34.5. The van der Waals surface area contributed by atoms with E-state index in [1.807, 2.05) is 20.8 Å². The molecule has 0 saturated carbocycles. The number of aromatic nitrogens is 1. The highest BCUT2D eigenvalue weighted by atomic mass is 16.6. The molecule has 9 heteroatoms. The fourth-order valence-electron chi connectivity index (χ4n) is 3.96. The van der Waals surface area contributed by atoms with Gasteiger partial charge in [-0.2, -0.15) is 0 Å². The molecule has 2 atom stereocenters. The average Bonchev–Trinajstić information content (AvgIpc) is 3.34. The fraction of sp³-hybridized carbons (Fsp3) is 0.500. The minimum Gasteiger partial charge on any atom is -0.392 e. The number of hydrogen-bond acceptors (Lipinski definition) is 7. The Morgan fingerprint density at radius 1 is 1.48 bits per heavy atom. The third-order valence-corrected chi connectivity index (χ3v) is 5.75. The van der Waals surface area contributed by atoms with Crippen LogP contribution in [0.15, 0.2) is 35.1 Å². The van der Waals surface area contributed by atoms with Crippen LogP contribution in [0.4, 0.5) is 10.6 Å². The Morgan fingerprint density at radius 2 is 2.27 bits per heavy atom. The summed E-state index contributed by atoms with van der Waals surface area (Å²) in [6.45, 7) is 11.3. The van der Waals surface area contributed by atoms with Crippen molar-refractivity contribution in [2.24, 2.45) is 4.99 Å². The van der Waals surface area contributed by atoms with Crippen LogP contribution in [0.5, 0.6) is 0 Å². The van der Waals surface area contributed by atoms with Crippen molar-refractivity contribution in [2.75, 3.05) is 24.7 Å². The maximum Gasteiger partial charge on any atom is 0.328 e. The number of fused-ring (bicyclic) bond motifs is 1. The fourth-order valence-corrected chi connectivity index (χ4v) is 3.96. The molecular formula is C24H32N4O5. The molecule has 0 bridgehead atoms. The lowest BCUT2D eigenvalue weighted by molar-refractivity contribution is -0.0301. The number of carbonyl (C=O) groups excluding carboxylic acids is 2. The number of hydrogen-bond donors (Lipinski definition) is 2. The van der Waals surface area contributed by atoms with Crippen molar-refractivity contribution in [3.63, 3.8) is 0 Å². The van der Waals surface area contributed by atoms with E-state index >= 15 is 0 Å². The van der Waals surface area contributed by atoms with Crippen molar-refractivity contribution in [2.45, 2.75) is 58.3 Å². The summed E-state index contributed by atoms with van der Waals surface area (Å²) in [6.07, 6.45) is 6.15. The molecule has 3 aliphatic rings. The van der Waals surface area contributed by atoms with E-state index in [0.717, 1.165) is 18.4 Å². The maximum absolute atomic E-state index is 13.1. The van der Waals surface area contributed by atoms with E-state index in [1.54, 1.807) is 18.4 Å². The summed E-state index contributed by atoms with van der Waals surface area (Å²) in [5, 5.41) is 12.3. The van der Waals surface area contributed by atoms with Gasteiger partial charge >= 0.3 is 6.03 Å². The quantitative estimate of drug-likeness (QED) is 0.659. The van der Waals surface area contributed by atoms with Gasteiger partial charge in [0.1, 0.15) is 22.9 Å². The topological polar surface area (TPSA) is 113 Å². The number of aryl methyl sites for hydroxylation is 1. The van der Waals surface area contributed by atoms with E-state index < -0.39 is 11.6 Å². The number of aldehydes is 1. The zero-order valence-electron chi connectivity index (χ0n) is 19.5. The van der Waals surface area contributed by atoms with Gasteiger partial charge in [-0.1, -0.05) is 20.4 Å². The highest BCUT2D eigenvalue weighted by molar-refractivity contribution is 5.94. The molecule has 2 amide bonds. The normalized spacial score (nSPS) is 23.9. The zero-order chi connectivity index (χ0) is 24.0. The smallest absolute Gasteiger partial charge is 0.328 e. The van der Waals surface area contributed by atoms with Gasteiger partial charge in [0.05, 0.1) is 19.3 Å². The number of nitrogens with one attached hydrogen (secondary N) is 1. The van der Waals surface area contributed by atoms with Crippen LogP contribution in [-0.4, -0.2) is 60.1 Å². The second-order valence-electron chi connectivity index (χ2n) is 8.00. The number of aliphatic hydroxyl groups excluding tert-OH is 1. The van der Waals surface area contributed by atoms with Crippen molar-refractivity contribution in [1.82, 2.24) is 10.3 Å². The third-order valence-electron chi connectivity index (χ3n) is 5.75. The number of pyridine rings is 1. The monoisotopic (exact) mass is 456 g/mol. The Labute approximate surface area is 194 Å². The van der Waals surface area contributed by atoms with Gasteiger partial charge in [0, 0.05) is 24.9 Å². The standard InChI is InChI=1S/C22H26N4O5.C2H6/c1-14-10-23-19(9-22(14,2)31-17-5-7-30-13-17)25-21(29)26-6-3-4-15-8-16(11-27)18(12-28)24-20(15)26;1-2/h8-10,12,17,27H,1,3-7,11,13H2,2H3,(H,25,29);1-2H3. The number of nitrogens with zero attached hydrogens (tertiary/aromatic N) is 3. The Morgan fingerprint density at radius 3 is 2.94 bits per heavy atom. The molecule has 1 aromatic rings. The first-order chi connectivity index (χ1) is 15.9. The van der Waals surface area contributed by atoms with Gasteiger partial charge in [-0.25, -0.2) is 14.8 Å². The van der Waals surface area contributed by atoms with Crippen LogP contribution in [0.1, 0.15) is 55.2 Å². The molecule has 178 valence electrons. The minimum absolute atomic E-state index is 0.0397. The van der Waals surface area contributed by atoms with Crippen molar-refractivity contribution in [1.29, 1.82) is 0 Å². The number of ether oxygens (including phenoxy) is 2. The number of anilines is 1. The van der Waals surface area contributed by atoms with Gasteiger partial charge in [-0.15, -0.1) is 0 Å². The van der Waals surface area contributed by atoms with Crippen molar-refractivity contribution >= 4 is 24.3 Å². The largest absolute Gasteiger partial charge is 0.392 e. The van der Waals surface area contributed by atoms with E-state index in [9.17, 15) is 14.7 Å². The van der Waals surface area contributed by atoms with Gasteiger partial charge in [0.25, 0.3) is 0 Å². The van der Waals surface area contributed by atoms with Crippen LogP contribution >= 0.6 is 0 Å². The van der Waals surface area contributed by atoms with E-state index in [2.05, 4.69) is 21.9 Å². The summed E-state index contributed by atoms with van der Waals surface area (Å²) in [5.41, 5.74) is 1.29. The van der Waals surface area contributed by atoms with E-state index in [-0.39, 0.29) is 18.4 Å². The predicted molar refractivity (Wildman–Crippen MR) is 126 cm³/mol. The SMILES string of the molecule is C=C1C=NC(NC(=O)N2CCCc3cc(CO)c(C=O)nc32)=CC1(C)OC1CCOC1.CC. The summed E-state index contributed by atoms with van der Waals surface area (Å²) >= 11 is 0. The van der Waals surface area contributed by atoms with Crippen molar-refractivity contribution in [3.05, 3.63) is 46.9 Å². The lowest BCUT2D eigenvalue weighted by Gasteiger charge is -2.33. The van der Waals surface area contributed by atoms with E-state index in [1.165, 1.54) is 4.90 Å². The molecule has 0 aliphatic carbocycles. The first kappa shape index (κ1) is 24.8. The Balaban J connectivity index is 0.00000149. The van der Waals surface area contributed by atoms with Crippen molar-refractivity contribution in [3.8, 4) is 0 Å². The highest BCUT2D eigenvalue weighted by Gasteiger charge is 2.34. The van der Waals surface area contributed by atoms with Gasteiger partial charge in [0.15, 0.2) is 6.29 Å². The summed E-state index contributed by atoms with van der Waals surface area (Å²) in [5.74, 6) is 0.781. The Bertz CT molecular complexity index is 968. The van der Waals surface area contributed by atoms with E-state index in [4.69, 9.17) is 9.47 Å². The zero-order valence-corrected chi connectivity index (χ0v) is 19.5. The Kier molecular flexibility index (Phi) is 8.12. The summed E-state index contributed by atoms with van der Waals surface area (Å²) in [7, 11) is 0. The predicted octanol–water partition coefficient (Wildman–Crippen LogP) is 2.92. The molecule has 3 aliphatic heterocycles. The molecule has 1 aromatic heterocycles. The molecule has 9 nitrogen and oxygen atoms in total. The molecule has 4 rings (SSSR count). The van der Waals surface area contributed by atoms with Crippen LogP contribution < -0.4 is 10.2 Å². The molecular weight excluding hydrogens is 424 g/mol. The molecule has 2 N–H and O–H groups in total. The molecule has 0 aromatic carbocycles. The molecule has 4 heterocycles. The van der Waals surface area contributed by atoms with Crippen LogP contribution in [0.3, 0.4) is 0 Å². The van der Waals surface area contributed by atoms with E-state index in [0.29, 0.717) is 55.2 Å². The lowest BCUT2D eigenvalue weighted by Crippen LogP contribution is -2.44. The molecule has 0 radical (unpaired) electrons. The second kappa shape index (κ2) is 10.8. The minimum atomic E-state index is -0.804. The first-order valence-corrected chi connectivity index (χ1v) is 11.3. The van der Waals surface area contributed by atoms with Crippen LogP contribution in [0.25, 0.3) is 0 Å². The van der Waals surface area contributed by atoms with Gasteiger partial charge in [-0.3, -0.25) is 15.0 Å². The Hall–Kier alpha value is -2.88. The van der Waals surface area contributed by atoms with Gasteiger partial charge < -0.3 is 14.6 Å². The summed E-state index contributed by atoms with van der Waals surface area (Å²) in [6, 6.07) is 1.34. The number of amides is 2. The van der Waals surface area contributed by atoms with Gasteiger partial charge in [0.2, 0.25) is 0 Å². The van der Waals surface area contributed by atoms with Crippen LogP contribution in [-0.2, 0) is 22.5 Å². The van der Waals surface area contributed by atoms with Gasteiger partial charge in [-0.05, 0) is 49.5 Å². The second-order valence-corrected chi connectivity index (χ2v) is 8.00. The number of urea groups is 1. The van der Waals surface area contributed by atoms with Crippen LogP contribution in [0, 0.1) is 0 Å². The summed E-state index contributed by atoms with van der Waals surface area (Å²) < 4.78 is 11.6. The number of carbonyl (C=O) groups is 2. The lowest BCUT2D eigenvalue weighted by atomic mass is 9.95. The first-order valence-electron chi connectivity index (χ1n) is 11.3. The highest BCUT2D eigenvalue weighted by Crippen LogP contribution is 2.30. The number of aliphatic imine (C=N–C) groups is 1. The number of rotatable bonds is 5. The number of aliphatic hydroxyl groups is 1. The molecule has 2 unspecified atom stereocenters. The maximum atomic E-state index is 13.1. The molecule has 1 saturated heterocycles. The molecule has 0 spiro atoms. The average molecular weight is 457 g/mol. The molecule has 33 heavy (non-hydrogen) atoms. The molecule has 1 fully saturated rings.